The molecule has 3 rings (SSSR count). The molecule has 0 saturated carbocycles. The quantitative estimate of drug-likeness (QED) is 0.752. The number of methoxy groups -OCH3 is 1. The Balaban J connectivity index is 2.02. The third-order valence-electron chi connectivity index (χ3n) is 3.25. The van der Waals surface area contributed by atoms with Crippen molar-refractivity contribution < 1.29 is 9.84 Å². The summed E-state index contributed by atoms with van der Waals surface area (Å²) in [4.78, 5) is 4.08. The van der Waals surface area contributed by atoms with Crippen molar-refractivity contribution in [3.05, 3.63) is 46.7 Å². The molecule has 1 N–H and O–H groups in total. The average molecular weight is 352 g/mol. The van der Waals surface area contributed by atoms with Crippen molar-refractivity contribution in [3.8, 4) is 0 Å². The molecule has 110 valence electrons. The molecule has 0 aromatic carbocycles. The lowest BCUT2D eigenvalue weighted by atomic mass is 10.1. The van der Waals surface area contributed by atoms with Crippen LogP contribution in [0.1, 0.15) is 17.4 Å². The molecule has 0 aliphatic rings. The van der Waals surface area contributed by atoms with E-state index in [1.54, 1.807) is 47.3 Å². The van der Waals surface area contributed by atoms with Gasteiger partial charge in [0, 0.05) is 25.1 Å². The standard InChI is InChI=1S/C13H14BrN5O2/c1-21-5-4-19-12(10(14)7-17-19)13(20)9-6-16-18-3-2-15-8-11(9)18/h2-3,6-8,13,20H,4-5H2,1H3. The van der Waals surface area contributed by atoms with Crippen molar-refractivity contribution in [1.29, 1.82) is 0 Å². The molecule has 0 radical (unpaired) electrons. The van der Waals surface area contributed by atoms with Gasteiger partial charge in [-0.05, 0) is 15.9 Å². The van der Waals surface area contributed by atoms with Gasteiger partial charge < -0.3 is 9.84 Å². The molecule has 0 bridgehead atoms. The number of hydrogen-bond donors (Lipinski definition) is 1. The first kappa shape index (κ1) is 14.2. The number of aromatic nitrogens is 5. The number of fused-ring (bicyclic) bond motifs is 1. The first-order valence-corrected chi connectivity index (χ1v) is 7.17. The van der Waals surface area contributed by atoms with Gasteiger partial charge >= 0.3 is 0 Å². The van der Waals surface area contributed by atoms with Crippen LogP contribution in [0.2, 0.25) is 0 Å². The van der Waals surface area contributed by atoms with E-state index in [1.165, 1.54) is 0 Å². The zero-order valence-electron chi connectivity index (χ0n) is 11.3. The van der Waals surface area contributed by atoms with Crippen LogP contribution in [0.3, 0.4) is 0 Å². The maximum absolute atomic E-state index is 10.7. The van der Waals surface area contributed by atoms with E-state index in [2.05, 4.69) is 31.1 Å². The fraction of sp³-hybridized carbons (Fsp3) is 0.308. The molecule has 3 aromatic heterocycles. The monoisotopic (exact) mass is 351 g/mol. The maximum Gasteiger partial charge on any atom is 0.125 e. The van der Waals surface area contributed by atoms with Crippen molar-refractivity contribution in [1.82, 2.24) is 24.4 Å². The molecule has 1 atom stereocenters. The minimum Gasteiger partial charge on any atom is -0.383 e. The zero-order chi connectivity index (χ0) is 14.8. The molecule has 0 fully saturated rings. The van der Waals surface area contributed by atoms with Crippen molar-refractivity contribution in [2.75, 3.05) is 13.7 Å². The van der Waals surface area contributed by atoms with Gasteiger partial charge in [-0.15, -0.1) is 0 Å². The largest absolute Gasteiger partial charge is 0.383 e. The second-order valence-electron chi connectivity index (χ2n) is 4.50. The molecule has 0 aliphatic heterocycles. The highest BCUT2D eigenvalue weighted by molar-refractivity contribution is 9.10. The number of aliphatic hydroxyl groups excluding tert-OH is 1. The summed E-state index contributed by atoms with van der Waals surface area (Å²) in [6.45, 7) is 1.08. The SMILES string of the molecule is COCCn1ncc(Br)c1C(O)c1cnn2ccncc12. The number of ether oxygens (including phenoxy) is 1. The highest BCUT2D eigenvalue weighted by atomic mass is 79.9. The number of aliphatic hydroxyl groups is 1. The van der Waals surface area contributed by atoms with Gasteiger partial charge in [-0.1, -0.05) is 0 Å². The maximum atomic E-state index is 10.7. The van der Waals surface area contributed by atoms with Crippen LogP contribution >= 0.6 is 15.9 Å². The lowest BCUT2D eigenvalue weighted by molar-refractivity contribution is 0.171. The van der Waals surface area contributed by atoms with Crippen molar-refractivity contribution in [2.24, 2.45) is 0 Å². The summed E-state index contributed by atoms with van der Waals surface area (Å²) < 4.78 is 9.21. The summed E-state index contributed by atoms with van der Waals surface area (Å²) in [5.41, 5.74) is 2.12. The predicted molar refractivity (Wildman–Crippen MR) is 78.9 cm³/mol. The minimum atomic E-state index is -0.847. The Morgan fingerprint density at radius 3 is 3.00 bits per heavy atom. The second kappa shape index (κ2) is 5.92. The molecule has 8 heteroatoms. The van der Waals surface area contributed by atoms with Crippen LogP contribution in [-0.2, 0) is 11.3 Å². The van der Waals surface area contributed by atoms with Gasteiger partial charge in [0.1, 0.15) is 6.10 Å². The van der Waals surface area contributed by atoms with E-state index in [4.69, 9.17) is 4.74 Å². The van der Waals surface area contributed by atoms with E-state index in [0.717, 1.165) is 9.99 Å². The molecule has 0 saturated heterocycles. The van der Waals surface area contributed by atoms with Gasteiger partial charge in [0.2, 0.25) is 0 Å². The smallest absolute Gasteiger partial charge is 0.125 e. The summed E-state index contributed by atoms with van der Waals surface area (Å²) >= 11 is 3.43. The Labute approximate surface area is 129 Å². The summed E-state index contributed by atoms with van der Waals surface area (Å²) in [5, 5.41) is 19.2. The van der Waals surface area contributed by atoms with Crippen LogP contribution in [0.15, 0.2) is 35.5 Å². The molecule has 3 heterocycles. The zero-order valence-corrected chi connectivity index (χ0v) is 12.9. The van der Waals surface area contributed by atoms with E-state index in [-0.39, 0.29) is 0 Å². The number of halogens is 1. The summed E-state index contributed by atoms with van der Waals surface area (Å²) in [7, 11) is 1.63. The molecule has 21 heavy (non-hydrogen) atoms. The van der Waals surface area contributed by atoms with Gasteiger partial charge in [-0.2, -0.15) is 10.2 Å². The molecule has 0 aliphatic carbocycles. The van der Waals surface area contributed by atoms with E-state index in [0.29, 0.717) is 24.4 Å². The van der Waals surface area contributed by atoms with Gasteiger partial charge in [0.25, 0.3) is 0 Å². The lowest BCUT2D eigenvalue weighted by Crippen LogP contribution is -2.13. The highest BCUT2D eigenvalue weighted by Gasteiger charge is 2.22. The lowest BCUT2D eigenvalue weighted by Gasteiger charge is -2.13. The van der Waals surface area contributed by atoms with E-state index in [1.807, 2.05) is 0 Å². The van der Waals surface area contributed by atoms with Gasteiger partial charge in [0.05, 0.1) is 47.4 Å². The minimum absolute atomic E-state index is 0.518. The van der Waals surface area contributed by atoms with Crippen LogP contribution in [0, 0.1) is 0 Å². The van der Waals surface area contributed by atoms with Crippen LogP contribution < -0.4 is 0 Å². The van der Waals surface area contributed by atoms with E-state index in [9.17, 15) is 5.11 Å². The first-order valence-electron chi connectivity index (χ1n) is 6.38. The molecule has 0 amide bonds. The fourth-order valence-electron chi connectivity index (χ4n) is 2.21. The van der Waals surface area contributed by atoms with E-state index >= 15 is 0 Å². The fourth-order valence-corrected chi connectivity index (χ4v) is 2.72. The van der Waals surface area contributed by atoms with Crippen LogP contribution in [-0.4, -0.2) is 43.2 Å². The molecule has 1 unspecified atom stereocenters. The first-order chi connectivity index (χ1) is 10.2. The number of nitrogens with zero attached hydrogens (tertiary/aromatic N) is 5. The average Bonchev–Trinajstić information content (AvgIpc) is 3.08. The highest BCUT2D eigenvalue weighted by Crippen LogP contribution is 2.30. The molecule has 3 aromatic rings. The van der Waals surface area contributed by atoms with Crippen molar-refractivity contribution >= 4 is 21.4 Å². The predicted octanol–water partition coefficient (Wildman–Crippen LogP) is 1.42. The van der Waals surface area contributed by atoms with Crippen molar-refractivity contribution in [2.45, 2.75) is 12.6 Å². The number of hydrogen-bond acceptors (Lipinski definition) is 5. The third-order valence-corrected chi connectivity index (χ3v) is 3.86. The Kier molecular flexibility index (Phi) is 4.00. The number of rotatable bonds is 5. The molecular formula is C13H14BrN5O2. The van der Waals surface area contributed by atoms with E-state index < -0.39 is 6.10 Å². The van der Waals surface area contributed by atoms with Crippen LogP contribution in [0.5, 0.6) is 0 Å². The normalized spacial score (nSPS) is 12.9. The molecular weight excluding hydrogens is 338 g/mol. The van der Waals surface area contributed by atoms with Crippen molar-refractivity contribution in [3.63, 3.8) is 0 Å². The second-order valence-corrected chi connectivity index (χ2v) is 5.36. The molecule has 7 nitrogen and oxygen atoms in total. The topological polar surface area (TPSA) is 77.5 Å². The van der Waals surface area contributed by atoms with Gasteiger partial charge in [0.15, 0.2) is 0 Å². The summed E-state index contributed by atoms with van der Waals surface area (Å²) in [6, 6.07) is 0. The Morgan fingerprint density at radius 1 is 1.33 bits per heavy atom. The van der Waals surface area contributed by atoms with Crippen LogP contribution in [0.25, 0.3) is 5.52 Å². The molecule has 0 spiro atoms. The van der Waals surface area contributed by atoms with Crippen LogP contribution in [0.4, 0.5) is 0 Å². The van der Waals surface area contributed by atoms with Gasteiger partial charge in [-0.3, -0.25) is 9.67 Å². The van der Waals surface area contributed by atoms with Gasteiger partial charge in [-0.25, -0.2) is 4.52 Å². The Bertz CT molecular complexity index is 754. The third kappa shape index (κ3) is 2.57. The summed E-state index contributed by atoms with van der Waals surface area (Å²) in [6.07, 6.45) is 7.52. The Morgan fingerprint density at radius 2 is 2.19 bits per heavy atom. The summed E-state index contributed by atoms with van der Waals surface area (Å²) in [5.74, 6) is 0. The Hall–Kier alpha value is -1.77.